The lowest BCUT2D eigenvalue weighted by molar-refractivity contribution is -0.384. The Morgan fingerprint density at radius 3 is 2.59 bits per heavy atom. The Morgan fingerprint density at radius 2 is 1.89 bits per heavy atom. The molecule has 0 bridgehead atoms. The van der Waals surface area contributed by atoms with Gasteiger partial charge in [0.15, 0.2) is 0 Å². The first-order valence-corrected chi connectivity index (χ1v) is 8.24. The molecule has 2 aromatic heterocycles. The third kappa shape index (κ3) is 3.18. The first-order chi connectivity index (χ1) is 13.1. The Hall–Kier alpha value is -3.87. The highest BCUT2D eigenvalue weighted by Gasteiger charge is 2.22. The number of fused-ring (bicyclic) bond motifs is 1. The minimum Gasteiger partial charge on any atom is -0.505 e. The largest absolute Gasteiger partial charge is 0.505 e. The van der Waals surface area contributed by atoms with Crippen LogP contribution in [0.1, 0.15) is 17.4 Å². The second-order valence-electron chi connectivity index (χ2n) is 5.98. The van der Waals surface area contributed by atoms with Crippen molar-refractivity contribution in [3.8, 4) is 5.75 Å². The Labute approximate surface area is 154 Å². The van der Waals surface area contributed by atoms with Crippen LogP contribution in [0, 0.1) is 10.1 Å². The number of aromatic nitrogens is 1. The predicted octanol–water partition coefficient (Wildman–Crippen LogP) is 4.64. The van der Waals surface area contributed by atoms with Crippen molar-refractivity contribution in [1.82, 2.24) is 4.98 Å². The summed E-state index contributed by atoms with van der Waals surface area (Å²) in [6.45, 7) is 0. The number of nitro benzene ring substituents is 1. The third-order valence-corrected chi connectivity index (χ3v) is 4.31. The molecule has 134 valence electrons. The maximum Gasteiger partial charge on any atom is 0.269 e. The van der Waals surface area contributed by atoms with E-state index < -0.39 is 11.0 Å². The molecule has 0 saturated carbocycles. The normalized spacial score (nSPS) is 12.0. The van der Waals surface area contributed by atoms with Crippen molar-refractivity contribution in [2.45, 2.75) is 6.04 Å². The Kier molecular flexibility index (Phi) is 4.18. The number of anilines is 1. The summed E-state index contributed by atoms with van der Waals surface area (Å²) >= 11 is 0. The van der Waals surface area contributed by atoms with Gasteiger partial charge in [-0.1, -0.05) is 18.2 Å². The third-order valence-electron chi connectivity index (χ3n) is 4.31. The zero-order valence-corrected chi connectivity index (χ0v) is 14.1. The van der Waals surface area contributed by atoms with Gasteiger partial charge in [0, 0.05) is 35.0 Å². The SMILES string of the molecule is O=[N+]([O-])c1ccc(N[C@H](c2ccco2)c2ccc3cccnc3c2O)cc1. The molecule has 0 fully saturated rings. The van der Waals surface area contributed by atoms with Gasteiger partial charge in [0.25, 0.3) is 5.69 Å². The first-order valence-electron chi connectivity index (χ1n) is 8.24. The van der Waals surface area contributed by atoms with E-state index in [1.807, 2.05) is 18.2 Å². The molecule has 0 aliphatic heterocycles. The summed E-state index contributed by atoms with van der Waals surface area (Å²) < 4.78 is 5.55. The number of non-ortho nitro benzene ring substituents is 1. The van der Waals surface area contributed by atoms with Crippen LogP contribution >= 0.6 is 0 Å². The van der Waals surface area contributed by atoms with Gasteiger partial charge in [0.2, 0.25) is 0 Å². The Balaban J connectivity index is 1.76. The number of nitrogens with zero attached hydrogens (tertiary/aromatic N) is 2. The lowest BCUT2D eigenvalue weighted by Crippen LogP contribution is -2.12. The second-order valence-corrected chi connectivity index (χ2v) is 5.98. The summed E-state index contributed by atoms with van der Waals surface area (Å²) in [6, 6.07) is 16.5. The van der Waals surface area contributed by atoms with E-state index in [4.69, 9.17) is 4.42 Å². The number of rotatable bonds is 5. The lowest BCUT2D eigenvalue weighted by atomic mass is 10.0. The number of benzene rings is 2. The molecule has 0 unspecified atom stereocenters. The van der Waals surface area contributed by atoms with Crippen LogP contribution in [0.15, 0.2) is 77.5 Å². The molecule has 0 aliphatic carbocycles. The summed E-state index contributed by atoms with van der Waals surface area (Å²) in [4.78, 5) is 14.7. The highest BCUT2D eigenvalue weighted by molar-refractivity contribution is 5.85. The summed E-state index contributed by atoms with van der Waals surface area (Å²) in [5.41, 5.74) is 1.75. The minimum absolute atomic E-state index is 0.00727. The van der Waals surface area contributed by atoms with Crippen molar-refractivity contribution in [3.63, 3.8) is 0 Å². The zero-order chi connectivity index (χ0) is 18.8. The maximum atomic E-state index is 10.8. The van der Waals surface area contributed by atoms with E-state index in [0.717, 1.165) is 5.39 Å². The van der Waals surface area contributed by atoms with Crippen LogP contribution in [0.25, 0.3) is 10.9 Å². The second kappa shape index (κ2) is 6.80. The smallest absolute Gasteiger partial charge is 0.269 e. The molecule has 0 radical (unpaired) electrons. The van der Waals surface area contributed by atoms with Crippen molar-refractivity contribution in [2.24, 2.45) is 0 Å². The van der Waals surface area contributed by atoms with Gasteiger partial charge >= 0.3 is 0 Å². The number of nitro groups is 1. The molecule has 2 N–H and O–H groups in total. The molecule has 0 saturated heterocycles. The van der Waals surface area contributed by atoms with Crippen LogP contribution in [0.5, 0.6) is 5.75 Å². The zero-order valence-electron chi connectivity index (χ0n) is 14.1. The molecule has 0 amide bonds. The van der Waals surface area contributed by atoms with Crippen molar-refractivity contribution < 1.29 is 14.4 Å². The molecular weight excluding hydrogens is 346 g/mol. The molecule has 0 aliphatic rings. The molecule has 7 heteroatoms. The van der Waals surface area contributed by atoms with Gasteiger partial charge < -0.3 is 14.8 Å². The molecule has 2 heterocycles. The number of pyridine rings is 1. The topological polar surface area (TPSA) is 101 Å². The molecule has 27 heavy (non-hydrogen) atoms. The van der Waals surface area contributed by atoms with Crippen LogP contribution in [-0.2, 0) is 0 Å². The van der Waals surface area contributed by atoms with E-state index in [1.165, 1.54) is 12.1 Å². The van der Waals surface area contributed by atoms with E-state index in [0.29, 0.717) is 22.5 Å². The van der Waals surface area contributed by atoms with Crippen molar-refractivity contribution in [3.05, 3.63) is 94.6 Å². The summed E-state index contributed by atoms with van der Waals surface area (Å²) in [7, 11) is 0. The van der Waals surface area contributed by atoms with Crippen LogP contribution < -0.4 is 5.32 Å². The number of furan rings is 1. The lowest BCUT2D eigenvalue weighted by Gasteiger charge is -2.20. The number of hydrogen-bond donors (Lipinski definition) is 2. The number of nitrogens with one attached hydrogen (secondary N) is 1. The minimum atomic E-state index is -0.493. The van der Waals surface area contributed by atoms with E-state index in [9.17, 15) is 15.2 Å². The van der Waals surface area contributed by atoms with E-state index in [-0.39, 0.29) is 11.4 Å². The fourth-order valence-electron chi connectivity index (χ4n) is 2.98. The van der Waals surface area contributed by atoms with Gasteiger partial charge in [-0.05, 0) is 30.3 Å². The quantitative estimate of drug-likeness (QED) is 0.396. The van der Waals surface area contributed by atoms with Gasteiger partial charge in [-0.25, -0.2) is 0 Å². The molecule has 4 aromatic rings. The number of phenolic OH excluding ortho intramolecular Hbond substituents is 1. The maximum absolute atomic E-state index is 10.8. The standard InChI is InChI=1S/C20H15N3O4/c24-20-16(10-5-13-3-1-11-21-18(13)20)19(17-4-2-12-27-17)22-14-6-8-15(9-7-14)23(25)26/h1-12,19,22,24H/t19-/m0/s1. The molecule has 7 nitrogen and oxygen atoms in total. The van der Waals surface area contributed by atoms with Crippen molar-refractivity contribution >= 4 is 22.3 Å². The van der Waals surface area contributed by atoms with Gasteiger partial charge in [-0.3, -0.25) is 15.1 Å². The fraction of sp³-hybridized carbons (Fsp3) is 0.0500. The predicted molar refractivity (Wildman–Crippen MR) is 101 cm³/mol. The number of phenols is 1. The highest BCUT2D eigenvalue weighted by atomic mass is 16.6. The Bertz CT molecular complexity index is 1090. The van der Waals surface area contributed by atoms with Crippen molar-refractivity contribution in [2.75, 3.05) is 5.32 Å². The number of aromatic hydroxyl groups is 1. The Morgan fingerprint density at radius 1 is 1.07 bits per heavy atom. The molecule has 0 spiro atoms. The molecule has 1 atom stereocenters. The van der Waals surface area contributed by atoms with Crippen molar-refractivity contribution in [1.29, 1.82) is 0 Å². The van der Waals surface area contributed by atoms with E-state index in [1.54, 1.807) is 42.8 Å². The fourth-order valence-corrected chi connectivity index (χ4v) is 2.98. The van der Waals surface area contributed by atoms with E-state index in [2.05, 4.69) is 10.3 Å². The van der Waals surface area contributed by atoms with Crippen LogP contribution in [0.4, 0.5) is 11.4 Å². The van der Waals surface area contributed by atoms with Gasteiger partial charge in [-0.2, -0.15) is 0 Å². The summed E-state index contributed by atoms with van der Waals surface area (Å²) in [5, 5.41) is 25.7. The van der Waals surface area contributed by atoms with E-state index >= 15 is 0 Å². The summed E-state index contributed by atoms with van der Waals surface area (Å²) in [6.07, 6.45) is 3.17. The molecular formula is C20H15N3O4. The number of hydrogen-bond acceptors (Lipinski definition) is 6. The van der Waals surface area contributed by atoms with Gasteiger partial charge in [-0.15, -0.1) is 0 Å². The van der Waals surface area contributed by atoms with Gasteiger partial charge in [0.1, 0.15) is 23.1 Å². The average Bonchev–Trinajstić information content (AvgIpc) is 3.22. The summed E-state index contributed by atoms with van der Waals surface area (Å²) in [5.74, 6) is 0.655. The van der Waals surface area contributed by atoms with Crippen LogP contribution in [0.2, 0.25) is 0 Å². The molecule has 4 rings (SSSR count). The van der Waals surface area contributed by atoms with Gasteiger partial charge in [0.05, 0.1) is 11.2 Å². The van der Waals surface area contributed by atoms with Crippen LogP contribution in [0.3, 0.4) is 0 Å². The van der Waals surface area contributed by atoms with Crippen LogP contribution in [-0.4, -0.2) is 15.0 Å². The highest BCUT2D eigenvalue weighted by Crippen LogP contribution is 2.36. The average molecular weight is 361 g/mol. The molecule has 2 aromatic carbocycles. The first kappa shape index (κ1) is 16.6. The monoisotopic (exact) mass is 361 g/mol.